The van der Waals surface area contributed by atoms with Crippen LogP contribution in [0.15, 0.2) is 6.07 Å². The predicted octanol–water partition coefficient (Wildman–Crippen LogP) is -0.388. The second-order valence-corrected chi connectivity index (χ2v) is 5.08. The highest BCUT2D eigenvalue weighted by atomic mass is 16.5. The Morgan fingerprint density at radius 1 is 1.06 bits per heavy atom. The topological polar surface area (TPSA) is 86.7 Å². The van der Waals surface area contributed by atoms with Gasteiger partial charge < -0.3 is 21.1 Å². The highest BCUT2D eigenvalue weighted by Gasteiger charge is 2.41. The molecule has 0 bridgehead atoms. The van der Waals surface area contributed by atoms with Crippen LogP contribution in [-0.4, -0.2) is 23.2 Å². The quantitative estimate of drug-likeness (QED) is 0.278. The molecule has 5 heteroatoms. The van der Waals surface area contributed by atoms with Gasteiger partial charge >= 0.3 is 0 Å². The van der Waals surface area contributed by atoms with Crippen molar-refractivity contribution in [3.05, 3.63) is 28.3 Å². The summed E-state index contributed by atoms with van der Waals surface area (Å²) in [5.74, 6) is -1.85. The minimum absolute atomic E-state index is 0.235. The first-order chi connectivity index (χ1) is 7.83. The lowest BCUT2D eigenvalue weighted by Gasteiger charge is -2.23. The van der Waals surface area contributed by atoms with Gasteiger partial charge in [0.15, 0.2) is 5.79 Å². The Labute approximate surface area is 100 Å². The Morgan fingerprint density at radius 3 is 2.35 bits per heavy atom. The van der Waals surface area contributed by atoms with Crippen LogP contribution in [0.1, 0.15) is 35.1 Å². The molecule has 0 aromatic heterocycles. The summed E-state index contributed by atoms with van der Waals surface area (Å²) in [5.41, 5.74) is 7.75. The van der Waals surface area contributed by atoms with E-state index in [-0.39, 0.29) is 6.42 Å². The molecule has 1 aromatic rings. The summed E-state index contributed by atoms with van der Waals surface area (Å²) in [6, 6.07) is 1.60. The predicted molar refractivity (Wildman–Crippen MR) is 63.3 cm³/mol. The molecule has 5 N–H and O–H groups in total. The molecule has 0 saturated heterocycles. The van der Waals surface area contributed by atoms with Gasteiger partial charge in [-0.1, -0.05) is 0 Å². The molecule has 1 atom stereocenters. The van der Waals surface area contributed by atoms with Gasteiger partial charge in [-0.2, -0.15) is 0 Å². The zero-order chi connectivity index (χ0) is 12.4. The SMILES string of the molecule is [B]C1(O)CCc2c1cc1c(c2N)CCC1(O)O. The van der Waals surface area contributed by atoms with Crippen molar-refractivity contribution in [2.75, 3.05) is 5.73 Å². The van der Waals surface area contributed by atoms with E-state index in [1.165, 1.54) is 0 Å². The fourth-order valence-electron chi connectivity index (χ4n) is 2.96. The standard InChI is InChI=1S/C12H14BNO3/c13-11(15)3-1-6-8(11)5-9-7(10(6)14)2-4-12(9,16)17/h5,15-17H,1-4,14H2. The number of rotatable bonds is 0. The van der Waals surface area contributed by atoms with Crippen LogP contribution in [0.25, 0.3) is 0 Å². The van der Waals surface area contributed by atoms with E-state index >= 15 is 0 Å². The van der Waals surface area contributed by atoms with Crippen molar-refractivity contribution in [1.29, 1.82) is 0 Å². The van der Waals surface area contributed by atoms with Gasteiger partial charge in [-0.15, -0.1) is 0 Å². The molecule has 88 valence electrons. The summed E-state index contributed by atoms with van der Waals surface area (Å²) in [6.07, 6.45) is 1.83. The summed E-state index contributed by atoms with van der Waals surface area (Å²) in [7, 11) is 5.78. The first-order valence-corrected chi connectivity index (χ1v) is 5.74. The number of hydrogen-bond donors (Lipinski definition) is 4. The van der Waals surface area contributed by atoms with Gasteiger partial charge in [0.25, 0.3) is 0 Å². The summed E-state index contributed by atoms with van der Waals surface area (Å²) >= 11 is 0. The lowest BCUT2D eigenvalue weighted by Crippen LogP contribution is -2.25. The van der Waals surface area contributed by atoms with Crippen molar-refractivity contribution in [2.45, 2.75) is 37.0 Å². The van der Waals surface area contributed by atoms with E-state index in [4.69, 9.17) is 13.6 Å². The lowest BCUT2D eigenvalue weighted by atomic mass is 9.76. The van der Waals surface area contributed by atoms with E-state index in [0.717, 1.165) is 11.1 Å². The first-order valence-electron chi connectivity index (χ1n) is 5.74. The molecule has 4 nitrogen and oxygen atoms in total. The maximum atomic E-state index is 10.0. The third-order valence-corrected chi connectivity index (χ3v) is 3.97. The number of nitrogen functional groups attached to an aromatic ring is 1. The second-order valence-electron chi connectivity index (χ2n) is 5.08. The van der Waals surface area contributed by atoms with Gasteiger partial charge in [-0.3, -0.25) is 0 Å². The monoisotopic (exact) mass is 231 g/mol. The zero-order valence-corrected chi connectivity index (χ0v) is 9.40. The largest absolute Gasteiger partial charge is 0.398 e. The van der Waals surface area contributed by atoms with E-state index in [1.807, 2.05) is 0 Å². The first kappa shape index (κ1) is 11.1. The molecule has 2 aliphatic rings. The Kier molecular flexibility index (Phi) is 1.98. The van der Waals surface area contributed by atoms with E-state index < -0.39 is 11.3 Å². The van der Waals surface area contributed by atoms with Crippen molar-refractivity contribution in [3.63, 3.8) is 0 Å². The van der Waals surface area contributed by atoms with Gasteiger partial charge in [0.1, 0.15) is 7.85 Å². The normalized spacial score (nSPS) is 29.1. The minimum atomic E-state index is -1.85. The number of aliphatic hydroxyl groups is 3. The van der Waals surface area contributed by atoms with Crippen LogP contribution in [-0.2, 0) is 24.1 Å². The fraction of sp³-hybridized carbons (Fsp3) is 0.500. The number of hydrogen-bond acceptors (Lipinski definition) is 4. The summed E-state index contributed by atoms with van der Waals surface area (Å²) < 4.78 is 0. The van der Waals surface area contributed by atoms with Crippen LogP contribution >= 0.6 is 0 Å². The molecule has 17 heavy (non-hydrogen) atoms. The third kappa shape index (κ3) is 1.36. The Bertz CT molecular complexity index is 469. The molecular weight excluding hydrogens is 217 g/mol. The van der Waals surface area contributed by atoms with E-state index in [1.54, 1.807) is 6.07 Å². The van der Waals surface area contributed by atoms with Crippen LogP contribution in [0.3, 0.4) is 0 Å². The van der Waals surface area contributed by atoms with Gasteiger partial charge in [0.2, 0.25) is 0 Å². The van der Waals surface area contributed by atoms with Crippen LogP contribution < -0.4 is 5.73 Å². The number of nitrogens with two attached hydrogens (primary N) is 1. The molecule has 0 aliphatic heterocycles. The van der Waals surface area contributed by atoms with Crippen molar-refractivity contribution in [1.82, 2.24) is 0 Å². The van der Waals surface area contributed by atoms with Gasteiger partial charge in [-0.05, 0) is 42.0 Å². The van der Waals surface area contributed by atoms with Crippen molar-refractivity contribution in [2.24, 2.45) is 0 Å². The molecule has 0 fully saturated rings. The number of fused-ring (bicyclic) bond motifs is 2. The van der Waals surface area contributed by atoms with Gasteiger partial charge in [0, 0.05) is 23.2 Å². The molecule has 1 unspecified atom stereocenters. The molecule has 0 heterocycles. The van der Waals surface area contributed by atoms with Crippen molar-refractivity contribution < 1.29 is 15.3 Å². The number of benzene rings is 1. The molecule has 1 aromatic carbocycles. The second kappa shape index (κ2) is 3.04. The smallest absolute Gasteiger partial charge is 0.190 e. The molecule has 0 amide bonds. The van der Waals surface area contributed by atoms with Gasteiger partial charge in [-0.25, -0.2) is 0 Å². The average molecular weight is 231 g/mol. The highest BCUT2D eigenvalue weighted by Crippen LogP contribution is 2.46. The van der Waals surface area contributed by atoms with Crippen LogP contribution in [0.2, 0.25) is 0 Å². The van der Waals surface area contributed by atoms with Crippen molar-refractivity contribution >= 4 is 13.5 Å². The van der Waals surface area contributed by atoms with Crippen molar-refractivity contribution in [3.8, 4) is 0 Å². The summed E-state index contributed by atoms with van der Waals surface area (Å²) in [4.78, 5) is 0. The van der Waals surface area contributed by atoms with E-state index in [0.29, 0.717) is 36.1 Å². The summed E-state index contributed by atoms with van der Waals surface area (Å²) in [5, 5.41) is 29.7. The Hall–Kier alpha value is -1.04. The lowest BCUT2D eigenvalue weighted by molar-refractivity contribution is -0.166. The van der Waals surface area contributed by atoms with Crippen LogP contribution in [0.4, 0.5) is 5.69 Å². The Morgan fingerprint density at radius 2 is 1.65 bits per heavy atom. The molecule has 3 rings (SSSR count). The maximum Gasteiger partial charge on any atom is 0.190 e. The van der Waals surface area contributed by atoms with Gasteiger partial charge in [0.05, 0.1) is 0 Å². The van der Waals surface area contributed by atoms with Crippen LogP contribution in [0, 0.1) is 0 Å². The van der Waals surface area contributed by atoms with E-state index in [9.17, 15) is 15.3 Å². The number of anilines is 1. The maximum absolute atomic E-state index is 10.0. The fourth-order valence-corrected chi connectivity index (χ4v) is 2.96. The minimum Gasteiger partial charge on any atom is -0.398 e. The summed E-state index contributed by atoms with van der Waals surface area (Å²) in [6.45, 7) is 0. The molecular formula is C12H14BNO3. The Balaban J connectivity index is 2.28. The van der Waals surface area contributed by atoms with E-state index in [2.05, 4.69) is 0 Å². The average Bonchev–Trinajstić information content (AvgIpc) is 2.68. The van der Waals surface area contributed by atoms with Crippen LogP contribution in [0.5, 0.6) is 0 Å². The molecule has 2 aliphatic carbocycles. The third-order valence-electron chi connectivity index (χ3n) is 3.97. The highest BCUT2D eigenvalue weighted by molar-refractivity contribution is 6.15. The molecule has 0 saturated carbocycles. The molecule has 0 spiro atoms. The molecule has 2 radical (unpaired) electrons. The zero-order valence-electron chi connectivity index (χ0n) is 9.40.